The second-order valence-electron chi connectivity index (χ2n) is 11.8. The lowest BCUT2D eigenvalue weighted by Crippen LogP contribution is -2.53. The monoisotopic (exact) mass is 550 g/mol. The standard InChI is InChI=1S/C30H32F2N4O4/c1-35-28(40)34-26(38)30(35)15-18-5-6-23(13-20(18)16-30)33-25(37)17-36-24(19-11-21(31)14-22(32)12-19)7-10-29(27(36)39)8-3-2-4-9-29/h5-6,11-14,24H,2-4,7-10,15-17H2,1H3,(H,33,37)(H,34,38,40). The van der Waals surface area contributed by atoms with Gasteiger partial charge in [0.25, 0.3) is 5.91 Å². The summed E-state index contributed by atoms with van der Waals surface area (Å²) in [7, 11) is 1.60. The first kappa shape index (κ1) is 26.4. The molecule has 2 aliphatic carbocycles. The molecule has 210 valence electrons. The first-order chi connectivity index (χ1) is 19.1. The van der Waals surface area contributed by atoms with Crippen molar-refractivity contribution in [1.29, 1.82) is 0 Å². The average molecular weight is 551 g/mol. The summed E-state index contributed by atoms with van der Waals surface area (Å²) in [6.45, 7) is -0.246. The Morgan fingerprint density at radius 1 is 0.975 bits per heavy atom. The number of nitrogens with one attached hydrogen (secondary N) is 2. The molecule has 2 aliphatic heterocycles. The average Bonchev–Trinajstić information content (AvgIpc) is 3.39. The van der Waals surface area contributed by atoms with Crippen LogP contribution in [0, 0.1) is 17.0 Å². The number of amides is 5. The normalized spacial score (nSPS) is 25.5. The summed E-state index contributed by atoms with van der Waals surface area (Å²) < 4.78 is 28.2. The van der Waals surface area contributed by atoms with E-state index < -0.39 is 40.6 Å². The molecule has 0 aromatic heterocycles. The van der Waals surface area contributed by atoms with Crippen LogP contribution < -0.4 is 10.6 Å². The number of piperidine rings is 1. The fourth-order valence-corrected chi connectivity index (χ4v) is 7.24. The van der Waals surface area contributed by atoms with Gasteiger partial charge in [-0.25, -0.2) is 13.6 Å². The maximum Gasteiger partial charge on any atom is 0.324 e. The molecule has 2 N–H and O–H groups in total. The van der Waals surface area contributed by atoms with Gasteiger partial charge in [-0.3, -0.25) is 19.7 Å². The fourth-order valence-electron chi connectivity index (χ4n) is 7.24. The molecule has 6 rings (SSSR count). The molecule has 2 aromatic carbocycles. The minimum atomic E-state index is -0.968. The molecule has 2 atom stereocenters. The van der Waals surface area contributed by atoms with Crippen molar-refractivity contribution in [3.8, 4) is 0 Å². The predicted molar refractivity (Wildman–Crippen MR) is 142 cm³/mol. The van der Waals surface area contributed by atoms with Gasteiger partial charge < -0.3 is 15.1 Å². The van der Waals surface area contributed by atoms with E-state index in [4.69, 9.17) is 0 Å². The highest BCUT2D eigenvalue weighted by Crippen LogP contribution is 2.49. The number of rotatable bonds is 4. The van der Waals surface area contributed by atoms with Gasteiger partial charge in [0, 0.05) is 37.1 Å². The number of likely N-dealkylation sites (N-methyl/N-ethyl adjacent to an activating group) is 1. The lowest BCUT2D eigenvalue weighted by atomic mass is 9.67. The molecule has 2 spiro atoms. The Kier molecular flexibility index (Phi) is 6.39. The molecule has 3 fully saturated rings. The van der Waals surface area contributed by atoms with E-state index in [0.717, 1.165) is 49.3 Å². The minimum absolute atomic E-state index is 0.126. The third-order valence-electron chi connectivity index (χ3n) is 9.43. The Hall–Kier alpha value is -3.82. The van der Waals surface area contributed by atoms with Crippen molar-refractivity contribution in [3.63, 3.8) is 0 Å². The third kappa shape index (κ3) is 4.33. The molecule has 2 saturated heterocycles. The minimum Gasteiger partial charge on any atom is -0.326 e. The zero-order chi connectivity index (χ0) is 28.2. The molecule has 2 aromatic rings. The quantitative estimate of drug-likeness (QED) is 0.557. The second-order valence-corrected chi connectivity index (χ2v) is 11.8. The lowest BCUT2D eigenvalue weighted by Gasteiger charge is -2.47. The molecule has 2 unspecified atom stereocenters. The van der Waals surface area contributed by atoms with Crippen molar-refractivity contribution in [2.75, 3.05) is 18.9 Å². The van der Waals surface area contributed by atoms with Gasteiger partial charge in [0.2, 0.25) is 11.8 Å². The molecular formula is C30H32F2N4O4. The number of urea groups is 1. The summed E-state index contributed by atoms with van der Waals surface area (Å²) in [5.41, 5.74) is 1.14. The van der Waals surface area contributed by atoms with Crippen LogP contribution in [0.3, 0.4) is 0 Å². The number of hydrogen-bond donors (Lipinski definition) is 2. The van der Waals surface area contributed by atoms with E-state index in [9.17, 15) is 28.0 Å². The van der Waals surface area contributed by atoms with Crippen molar-refractivity contribution < 1.29 is 28.0 Å². The zero-order valence-electron chi connectivity index (χ0n) is 22.4. The van der Waals surface area contributed by atoms with Gasteiger partial charge >= 0.3 is 6.03 Å². The van der Waals surface area contributed by atoms with Crippen LogP contribution >= 0.6 is 0 Å². The van der Waals surface area contributed by atoms with Gasteiger partial charge in [-0.05, 0) is 66.6 Å². The van der Waals surface area contributed by atoms with Gasteiger partial charge in [0.1, 0.15) is 23.7 Å². The largest absolute Gasteiger partial charge is 0.326 e. The summed E-state index contributed by atoms with van der Waals surface area (Å²) in [5.74, 6) is -2.31. The van der Waals surface area contributed by atoms with E-state index in [2.05, 4.69) is 10.6 Å². The molecule has 40 heavy (non-hydrogen) atoms. The predicted octanol–water partition coefficient (Wildman–Crippen LogP) is 4.24. The van der Waals surface area contributed by atoms with E-state index in [-0.39, 0.29) is 18.4 Å². The third-order valence-corrected chi connectivity index (χ3v) is 9.43. The van der Waals surface area contributed by atoms with Crippen LogP contribution in [0.5, 0.6) is 0 Å². The Bertz CT molecular complexity index is 1400. The number of anilines is 1. The topological polar surface area (TPSA) is 98.8 Å². The Morgan fingerprint density at radius 3 is 2.35 bits per heavy atom. The number of nitrogens with zero attached hydrogens (tertiary/aromatic N) is 2. The Morgan fingerprint density at radius 2 is 1.68 bits per heavy atom. The van der Waals surface area contributed by atoms with Gasteiger partial charge in [-0.15, -0.1) is 0 Å². The maximum atomic E-state index is 14.1. The van der Waals surface area contributed by atoms with Gasteiger partial charge in [0.15, 0.2) is 0 Å². The van der Waals surface area contributed by atoms with Crippen LogP contribution in [0.25, 0.3) is 0 Å². The number of carbonyl (C=O) groups is 4. The van der Waals surface area contributed by atoms with Crippen molar-refractivity contribution >= 4 is 29.4 Å². The van der Waals surface area contributed by atoms with Crippen molar-refractivity contribution in [3.05, 3.63) is 64.7 Å². The summed E-state index contributed by atoms with van der Waals surface area (Å²) >= 11 is 0. The highest BCUT2D eigenvalue weighted by Gasteiger charge is 2.54. The maximum absolute atomic E-state index is 14.1. The molecule has 2 heterocycles. The van der Waals surface area contributed by atoms with Gasteiger partial charge in [-0.1, -0.05) is 25.3 Å². The molecule has 1 saturated carbocycles. The lowest BCUT2D eigenvalue weighted by molar-refractivity contribution is -0.155. The second kappa shape index (κ2) is 9.67. The number of likely N-dealkylation sites (tertiary alicyclic amines) is 1. The molecule has 0 radical (unpaired) electrons. The van der Waals surface area contributed by atoms with Crippen molar-refractivity contribution in [1.82, 2.24) is 15.1 Å². The van der Waals surface area contributed by atoms with Crippen LogP contribution in [-0.4, -0.2) is 52.7 Å². The van der Waals surface area contributed by atoms with Gasteiger partial charge in [-0.2, -0.15) is 0 Å². The molecule has 0 bridgehead atoms. The summed E-state index contributed by atoms with van der Waals surface area (Å²) in [6, 6.07) is 7.62. The molecular weight excluding hydrogens is 518 g/mol. The SMILES string of the molecule is CN1C(=O)NC(=O)C12Cc1ccc(NC(=O)CN3C(=O)C4(CCCCC4)CCC3c3cc(F)cc(F)c3)cc1C2. The van der Waals surface area contributed by atoms with Crippen LogP contribution in [0.1, 0.15) is 67.7 Å². The number of imide groups is 1. The van der Waals surface area contributed by atoms with Crippen molar-refractivity contribution in [2.24, 2.45) is 5.41 Å². The summed E-state index contributed by atoms with van der Waals surface area (Å²) in [4.78, 5) is 54.9. The number of benzene rings is 2. The zero-order valence-corrected chi connectivity index (χ0v) is 22.4. The van der Waals surface area contributed by atoms with Crippen LogP contribution in [0.15, 0.2) is 36.4 Å². The van der Waals surface area contributed by atoms with Gasteiger partial charge in [0.05, 0.1) is 6.04 Å². The molecule has 4 aliphatic rings. The molecule has 5 amide bonds. The smallest absolute Gasteiger partial charge is 0.324 e. The fraction of sp³-hybridized carbons (Fsp3) is 0.467. The van der Waals surface area contributed by atoms with E-state index in [0.29, 0.717) is 36.9 Å². The number of halogens is 2. The van der Waals surface area contributed by atoms with Crippen LogP contribution in [-0.2, 0) is 27.2 Å². The number of carbonyl (C=O) groups excluding carboxylic acids is 4. The Labute approximate surface area is 231 Å². The van der Waals surface area contributed by atoms with Crippen LogP contribution in [0.4, 0.5) is 19.3 Å². The van der Waals surface area contributed by atoms with E-state index >= 15 is 0 Å². The van der Waals surface area contributed by atoms with Crippen LogP contribution in [0.2, 0.25) is 0 Å². The van der Waals surface area contributed by atoms with E-state index in [1.807, 2.05) is 6.07 Å². The first-order valence-corrected chi connectivity index (χ1v) is 13.9. The van der Waals surface area contributed by atoms with E-state index in [1.165, 1.54) is 21.9 Å². The number of hydrogen-bond acceptors (Lipinski definition) is 4. The van der Waals surface area contributed by atoms with Crippen molar-refractivity contribution in [2.45, 2.75) is 69.4 Å². The Balaban J connectivity index is 1.22. The molecule has 10 heteroatoms. The highest BCUT2D eigenvalue weighted by atomic mass is 19.1. The number of fused-ring (bicyclic) bond motifs is 1. The van der Waals surface area contributed by atoms with E-state index in [1.54, 1.807) is 19.2 Å². The summed E-state index contributed by atoms with van der Waals surface area (Å²) in [5, 5.41) is 5.25. The first-order valence-electron chi connectivity index (χ1n) is 13.9. The molecule has 8 nitrogen and oxygen atoms in total. The summed E-state index contributed by atoms with van der Waals surface area (Å²) in [6.07, 6.45) is 6.35. The highest BCUT2D eigenvalue weighted by molar-refractivity contribution is 6.07.